The van der Waals surface area contributed by atoms with Crippen molar-refractivity contribution in [2.45, 2.75) is 19.4 Å². The Morgan fingerprint density at radius 1 is 1.23 bits per heavy atom. The van der Waals surface area contributed by atoms with Crippen molar-refractivity contribution in [3.63, 3.8) is 0 Å². The zero-order valence-corrected chi connectivity index (χ0v) is 16.6. The highest BCUT2D eigenvalue weighted by Crippen LogP contribution is 2.37. The van der Waals surface area contributed by atoms with Gasteiger partial charge in [0, 0.05) is 16.0 Å². The lowest BCUT2D eigenvalue weighted by atomic mass is 10.1. The van der Waals surface area contributed by atoms with Gasteiger partial charge < -0.3 is 11.1 Å². The fourth-order valence-corrected chi connectivity index (χ4v) is 3.88. The molecule has 0 radical (unpaired) electrons. The highest BCUT2D eigenvalue weighted by Gasteiger charge is 2.32. The molecule has 150 valence electrons. The zero-order valence-electron chi connectivity index (χ0n) is 15.9. The van der Waals surface area contributed by atoms with Gasteiger partial charge in [-0.1, -0.05) is 23.7 Å². The summed E-state index contributed by atoms with van der Waals surface area (Å²) in [6, 6.07) is 11.7. The molecule has 0 bridgehead atoms. The van der Waals surface area contributed by atoms with Crippen molar-refractivity contribution in [2.75, 3.05) is 11.1 Å². The first-order chi connectivity index (χ1) is 14.4. The second-order valence-corrected chi connectivity index (χ2v) is 7.64. The number of anilines is 2. The number of hydrogen-bond donors (Lipinski definition) is 2. The van der Waals surface area contributed by atoms with E-state index in [2.05, 4.69) is 20.4 Å². The first kappa shape index (κ1) is 18.5. The quantitative estimate of drug-likeness (QED) is 0.520. The molecule has 2 aromatic carbocycles. The Morgan fingerprint density at radius 3 is 2.87 bits per heavy atom. The molecule has 0 saturated heterocycles. The molecule has 5 rings (SSSR count). The van der Waals surface area contributed by atoms with E-state index in [1.54, 1.807) is 29.8 Å². The number of rotatable bonds is 3. The van der Waals surface area contributed by atoms with Gasteiger partial charge in [0.2, 0.25) is 5.91 Å². The summed E-state index contributed by atoms with van der Waals surface area (Å²) in [5.74, 6) is 0.0405. The molecule has 1 aliphatic rings. The average Bonchev–Trinajstić information content (AvgIpc) is 3.19. The van der Waals surface area contributed by atoms with Crippen molar-refractivity contribution in [1.82, 2.24) is 19.7 Å². The number of carbonyl (C=O) groups excluding carboxylic acids is 1. The minimum absolute atomic E-state index is 0.170. The van der Waals surface area contributed by atoms with Crippen molar-refractivity contribution in [3.05, 3.63) is 64.4 Å². The molecule has 0 aliphatic carbocycles. The van der Waals surface area contributed by atoms with Gasteiger partial charge in [0.05, 0.1) is 18.0 Å². The molecule has 0 fully saturated rings. The number of nitrogens with zero attached hydrogens (tertiary/aromatic N) is 4. The number of benzene rings is 2. The van der Waals surface area contributed by atoms with E-state index in [4.69, 9.17) is 17.3 Å². The topological polar surface area (TPSA) is 98.7 Å². The van der Waals surface area contributed by atoms with Gasteiger partial charge in [-0.2, -0.15) is 5.10 Å². The maximum Gasteiger partial charge on any atom is 0.233 e. The second kappa shape index (κ2) is 6.77. The fourth-order valence-electron chi connectivity index (χ4n) is 3.71. The zero-order chi connectivity index (χ0) is 21.0. The highest BCUT2D eigenvalue weighted by atomic mass is 35.5. The van der Waals surface area contributed by atoms with E-state index in [9.17, 15) is 9.18 Å². The first-order valence-corrected chi connectivity index (χ1v) is 9.67. The third-order valence-corrected chi connectivity index (χ3v) is 5.42. The maximum absolute atomic E-state index is 13.6. The fraction of sp³-hybridized carbons (Fsp3) is 0.143. The lowest BCUT2D eigenvalue weighted by Gasteiger charge is -2.06. The molecule has 1 amide bonds. The molecule has 3 heterocycles. The smallest absolute Gasteiger partial charge is 0.233 e. The number of carbonyl (C=O) groups is 1. The van der Waals surface area contributed by atoms with E-state index >= 15 is 0 Å². The summed E-state index contributed by atoms with van der Waals surface area (Å²) in [6.45, 7) is 2.09. The van der Waals surface area contributed by atoms with Crippen molar-refractivity contribution < 1.29 is 9.18 Å². The predicted molar refractivity (Wildman–Crippen MR) is 113 cm³/mol. The Labute approximate surface area is 175 Å². The van der Waals surface area contributed by atoms with E-state index in [1.807, 2.05) is 12.1 Å². The Morgan fingerprint density at radius 2 is 2.07 bits per heavy atom. The van der Waals surface area contributed by atoms with Crippen LogP contribution in [0.4, 0.5) is 16.0 Å². The van der Waals surface area contributed by atoms with E-state index < -0.39 is 5.92 Å². The van der Waals surface area contributed by atoms with Crippen molar-refractivity contribution in [3.8, 4) is 11.5 Å². The molecule has 4 aromatic rings. The van der Waals surface area contributed by atoms with Gasteiger partial charge in [0.15, 0.2) is 5.82 Å². The van der Waals surface area contributed by atoms with Crippen LogP contribution in [0.15, 0.2) is 42.5 Å². The van der Waals surface area contributed by atoms with Gasteiger partial charge in [-0.25, -0.2) is 14.4 Å². The number of nitrogens with one attached hydrogen (secondary N) is 1. The van der Waals surface area contributed by atoms with Crippen LogP contribution in [0.3, 0.4) is 0 Å². The summed E-state index contributed by atoms with van der Waals surface area (Å²) in [6.07, 6.45) is 0. The molecule has 1 aliphatic heterocycles. The minimum atomic E-state index is -0.407. The Kier molecular flexibility index (Phi) is 4.18. The monoisotopic (exact) mass is 422 g/mol. The Bertz CT molecular complexity index is 1330. The summed E-state index contributed by atoms with van der Waals surface area (Å²) in [4.78, 5) is 20.9. The number of aromatic nitrogens is 4. The first-order valence-electron chi connectivity index (χ1n) is 9.30. The molecular formula is C21H16ClFN6O. The average molecular weight is 423 g/mol. The van der Waals surface area contributed by atoms with Gasteiger partial charge in [0.1, 0.15) is 23.1 Å². The minimum Gasteiger partial charge on any atom is -0.383 e. The van der Waals surface area contributed by atoms with Crippen LogP contribution < -0.4 is 11.1 Å². The van der Waals surface area contributed by atoms with Crippen LogP contribution >= 0.6 is 11.6 Å². The predicted octanol–water partition coefficient (Wildman–Crippen LogP) is 3.97. The lowest BCUT2D eigenvalue weighted by Crippen LogP contribution is -2.09. The SMILES string of the molecule is CC1C(=O)Nc2nc(-c3nn(Cc4cccc(F)c4)c4cc(Cl)ccc34)nc(N)c21. The number of nitrogen functional groups attached to an aromatic ring is 1. The summed E-state index contributed by atoms with van der Waals surface area (Å²) < 4.78 is 15.4. The number of nitrogens with two attached hydrogens (primary N) is 1. The summed E-state index contributed by atoms with van der Waals surface area (Å²) in [5, 5.41) is 8.73. The van der Waals surface area contributed by atoms with Crippen molar-refractivity contribution in [2.24, 2.45) is 0 Å². The van der Waals surface area contributed by atoms with E-state index in [1.165, 1.54) is 12.1 Å². The maximum atomic E-state index is 13.6. The van der Waals surface area contributed by atoms with Crippen LogP contribution in [0.5, 0.6) is 0 Å². The van der Waals surface area contributed by atoms with Crippen LogP contribution in [0.2, 0.25) is 5.02 Å². The van der Waals surface area contributed by atoms with Gasteiger partial charge in [-0.15, -0.1) is 0 Å². The number of fused-ring (bicyclic) bond motifs is 2. The summed E-state index contributed by atoms with van der Waals surface area (Å²) >= 11 is 6.21. The Hall–Kier alpha value is -3.52. The number of halogens is 2. The largest absolute Gasteiger partial charge is 0.383 e. The van der Waals surface area contributed by atoms with Gasteiger partial charge in [0.25, 0.3) is 0 Å². The van der Waals surface area contributed by atoms with Gasteiger partial charge in [-0.05, 0) is 42.8 Å². The van der Waals surface area contributed by atoms with Crippen LogP contribution in [-0.2, 0) is 11.3 Å². The van der Waals surface area contributed by atoms with E-state index in [-0.39, 0.29) is 17.5 Å². The van der Waals surface area contributed by atoms with Crippen LogP contribution in [0.25, 0.3) is 22.4 Å². The second-order valence-electron chi connectivity index (χ2n) is 7.20. The third kappa shape index (κ3) is 2.96. The third-order valence-electron chi connectivity index (χ3n) is 5.19. The summed E-state index contributed by atoms with van der Waals surface area (Å²) in [7, 11) is 0. The van der Waals surface area contributed by atoms with E-state index in [0.29, 0.717) is 34.5 Å². The number of amides is 1. The van der Waals surface area contributed by atoms with Crippen LogP contribution in [0, 0.1) is 5.82 Å². The molecule has 2 aromatic heterocycles. The van der Waals surface area contributed by atoms with Gasteiger partial charge in [-0.3, -0.25) is 9.48 Å². The highest BCUT2D eigenvalue weighted by molar-refractivity contribution is 6.31. The summed E-state index contributed by atoms with van der Waals surface area (Å²) in [5.41, 5.74) is 8.73. The van der Waals surface area contributed by atoms with Crippen LogP contribution in [0.1, 0.15) is 24.0 Å². The molecule has 1 atom stereocenters. The molecule has 7 nitrogen and oxygen atoms in total. The molecule has 9 heteroatoms. The van der Waals surface area contributed by atoms with Crippen molar-refractivity contribution >= 4 is 40.0 Å². The lowest BCUT2D eigenvalue weighted by molar-refractivity contribution is -0.116. The Balaban J connectivity index is 1.67. The normalized spacial score (nSPS) is 15.4. The van der Waals surface area contributed by atoms with Crippen molar-refractivity contribution in [1.29, 1.82) is 0 Å². The van der Waals surface area contributed by atoms with E-state index in [0.717, 1.165) is 16.5 Å². The molecule has 0 spiro atoms. The molecule has 1 unspecified atom stereocenters. The molecule has 3 N–H and O–H groups in total. The molecule has 0 saturated carbocycles. The number of hydrogen-bond acceptors (Lipinski definition) is 5. The molecular weight excluding hydrogens is 407 g/mol. The molecule has 30 heavy (non-hydrogen) atoms. The van der Waals surface area contributed by atoms with Gasteiger partial charge >= 0.3 is 0 Å². The van der Waals surface area contributed by atoms with Crippen LogP contribution in [-0.4, -0.2) is 25.7 Å². The standard InChI is InChI=1S/C21H16ClFN6O/c1-10-16-18(24)25-20(26-19(16)27-21(10)30)17-14-6-5-12(22)8-15(14)29(28-17)9-11-3-2-4-13(23)7-11/h2-8,10H,9H2,1H3,(H3,24,25,26,27,30).